The summed E-state index contributed by atoms with van der Waals surface area (Å²) in [7, 11) is 0. The Bertz CT molecular complexity index is 809. The topological polar surface area (TPSA) is 24.9 Å². The monoisotopic (exact) mass is 338 g/mol. The minimum atomic E-state index is -4.39. The Balaban J connectivity index is 1.83. The maximum absolute atomic E-state index is 12.9. The van der Waals surface area contributed by atoms with Gasteiger partial charge in [0.2, 0.25) is 0 Å². The predicted octanol–water partition coefficient (Wildman–Crippen LogP) is 5.71. The molecule has 2 nitrogen and oxygen atoms in total. The van der Waals surface area contributed by atoms with Crippen LogP contribution in [-0.4, -0.2) is 4.98 Å². The van der Waals surface area contributed by atoms with Crippen molar-refractivity contribution in [2.24, 2.45) is 0 Å². The molecule has 0 aliphatic carbocycles. The lowest BCUT2D eigenvalue weighted by Crippen LogP contribution is -2.04. The van der Waals surface area contributed by atoms with Gasteiger partial charge in [0, 0.05) is 16.6 Å². The Morgan fingerprint density at radius 1 is 1.00 bits per heavy atom. The molecule has 0 saturated heterocycles. The second kappa shape index (κ2) is 6.00. The zero-order valence-corrected chi connectivity index (χ0v) is 12.4. The van der Waals surface area contributed by atoms with Gasteiger partial charge in [-0.3, -0.25) is 0 Å². The van der Waals surface area contributed by atoms with Gasteiger partial charge < -0.3 is 5.32 Å². The summed E-state index contributed by atoms with van der Waals surface area (Å²) in [5.74, 6) is -0.348. The number of rotatable bonds is 3. The quantitative estimate of drug-likeness (QED) is 0.619. The van der Waals surface area contributed by atoms with E-state index in [0.717, 1.165) is 12.1 Å². The summed E-state index contributed by atoms with van der Waals surface area (Å²) in [6.07, 6.45) is -4.39. The minimum absolute atomic E-state index is 0.348. The van der Waals surface area contributed by atoms with E-state index in [0.29, 0.717) is 22.1 Å². The summed E-state index contributed by atoms with van der Waals surface area (Å²) in [6, 6.07) is 10.7. The van der Waals surface area contributed by atoms with Crippen molar-refractivity contribution in [3.8, 4) is 11.3 Å². The number of alkyl halides is 3. The van der Waals surface area contributed by atoms with Crippen molar-refractivity contribution in [1.29, 1.82) is 0 Å². The summed E-state index contributed by atoms with van der Waals surface area (Å²) in [6.45, 7) is 0. The predicted molar refractivity (Wildman–Crippen MR) is 82.2 cm³/mol. The number of nitrogens with zero attached hydrogens (tertiary/aromatic N) is 1. The Morgan fingerprint density at radius 2 is 1.74 bits per heavy atom. The average molecular weight is 338 g/mol. The Morgan fingerprint density at radius 3 is 2.43 bits per heavy atom. The van der Waals surface area contributed by atoms with Crippen molar-refractivity contribution >= 4 is 22.2 Å². The second-order valence-corrected chi connectivity index (χ2v) is 5.61. The van der Waals surface area contributed by atoms with E-state index in [4.69, 9.17) is 0 Å². The molecule has 1 N–H and O–H groups in total. The molecule has 0 unspecified atom stereocenters. The number of hydrogen-bond acceptors (Lipinski definition) is 3. The largest absolute Gasteiger partial charge is 0.416 e. The van der Waals surface area contributed by atoms with Gasteiger partial charge in [-0.15, -0.1) is 11.3 Å². The third-order valence-corrected chi connectivity index (χ3v) is 3.84. The Labute approximate surface area is 133 Å². The molecule has 7 heteroatoms. The molecule has 118 valence electrons. The van der Waals surface area contributed by atoms with E-state index in [9.17, 15) is 17.6 Å². The average Bonchev–Trinajstić information content (AvgIpc) is 2.97. The molecule has 1 aromatic heterocycles. The summed E-state index contributed by atoms with van der Waals surface area (Å²) in [5.41, 5.74) is 0.779. The molecule has 3 aromatic rings. The van der Waals surface area contributed by atoms with Gasteiger partial charge in [-0.25, -0.2) is 9.37 Å². The molecule has 0 radical (unpaired) electrons. The van der Waals surface area contributed by atoms with E-state index in [2.05, 4.69) is 10.3 Å². The van der Waals surface area contributed by atoms with Crippen LogP contribution in [0.1, 0.15) is 5.56 Å². The van der Waals surface area contributed by atoms with Gasteiger partial charge in [0.25, 0.3) is 0 Å². The fourth-order valence-electron chi connectivity index (χ4n) is 1.98. The van der Waals surface area contributed by atoms with E-state index in [1.54, 1.807) is 23.6 Å². The third-order valence-electron chi connectivity index (χ3n) is 3.09. The lowest BCUT2D eigenvalue weighted by molar-refractivity contribution is -0.137. The van der Waals surface area contributed by atoms with Crippen molar-refractivity contribution in [2.75, 3.05) is 5.32 Å². The molecule has 0 aliphatic heterocycles. The molecule has 0 spiro atoms. The number of hydrogen-bond donors (Lipinski definition) is 1. The maximum atomic E-state index is 12.9. The van der Waals surface area contributed by atoms with E-state index >= 15 is 0 Å². The van der Waals surface area contributed by atoms with Gasteiger partial charge in [-0.2, -0.15) is 13.2 Å². The highest BCUT2D eigenvalue weighted by Crippen LogP contribution is 2.33. The van der Waals surface area contributed by atoms with Crippen LogP contribution >= 0.6 is 11.3 Å². The minimum Gasteiger partial charge on any atom is -0.332 e. The molecule has 0 atom stereocenters. The summed E-state index contributed by atoms with van der Waals surface area (Å²) in [4.78, 5) is 4.27. The van der Waals surface area contributed by atoms with Gasteiger partial charge in [-0.1, -0.05) is 12.1 Å². The first kappa shape index (κ1) is 15.5. The zero-order valence-electron chi connectivity index (χ0n) is 11.6. The molecule has 3 rings (SSSR count). The van der Waals surface area contributed by atoms with Crippen LogP contribution in [0.25, 0.3) is 11.3 Å². The van der Waals surface area contributed by atoms with Crippen LogP contribution in [0.2, 0.25) is 0 Å². The number of thiazole rings is 1. The maximum Gasteiger partial charge on any atom is 0.416 e. The van der Waals surface area contributed by atoms with E-state index in [1.807, 2.05) is 0 Å². The lowest BCUT2D eigenvalue weighted by Gasteiger charge is -2.07. The molecule has 0 aliphatic rings. The van der Waals surface area contributed by atoms with Crippen molar-refractivity contribution in [2.45, 2.75) is 6.18 Å². The molecule has 0 bridgehead atoms. The molecule has 2 aromatic carbocycles. The first-order chi connectivity index (χ1) is 10.9. The standard InChI is InChI=1S/C16H10F4N2S/c17-12-4-6-13(7-5-12)21-15-22-14(9-23-15)10-2-1-3-11(8-10)16(18,19)20/h1-9H,(H,21,22). The van der Waals surface area contributed by atoms with Crippen LogP contribution in [0.3, 0.4) is 0 Å². The zero-order chi connectivity index (χ0) is 16.4. The van der Waals surface area contributed by atoms with Gasteiger partial charge in [0.05, 0.1) is 11.3 Å². The number of aromatic nitrogens is 1. The van der Waals surface area contributed by atoms with Crippen molar-refractivity contribution < 1.29 is 17.6 Å². The number of nitrogens with one attached hydrogen (secondary N) is 1. The van der Waals surface area contributed by atoms with Crippen molar-refractivity contribution in [3.05, 3.63) is 65.3 Å². The second-order valence-electron chi connectivity index (χ2n) is 4.75. The molecule has 0 amide bonds. The Hall–Kier alpha value is -2.41. The smallest absolute Gasteiger partial charge is 0.332 e. The van der Waals surface area contributed by atoms with Crippen LogP contribution in [0, 0.1) is 5.82 Å². The van der Waals surface area contributed by atoms with Crippen molar-refractivity contribution in [1.82, 2.24) is 4.98 Å². The molecular weight excluding hydrogens is 328 g/mol. The van der Waals surface area contributed by atoms with Gasteiger partial charge in [0.1, 0.15) is 5.82 Å². The van der Waals surface area contributed by atoms with Crippen LogP contribution in [0.15, 0.2) is 53.9 Å². The highest BCUT2D eigenvalue weighted by molar-refractivity contribution is 7.14. The van der Waals surface area contributed by atoms with Crippen LogP contribution in [-0.2, 0) is 6.18 Å². The molecule has 0 saturated carbocycles. The first-order valence-corrected chi connectivity index (χ1v) is 7.45. The van der Waals surface area contributed by atoms with Gasteiger partial charge in [-0.05, 0) is 36.4 Å². The Kier molecular flexibility index (Phi) is 4.04. The first-order valence-electron chi connectivity index (χ1n) is 6.57. The van der Waals surface area contributed by atoms with E-state index < -0.39 is 11.7 Å². The normalized spacial score (nSPS) is 11.5. The van der Waals surface area contributed by atoms with E-state index in [1.165, 1.54) is 29.5 Å². The number of anilines is 2. The fourth-order valence-corrected chi connectivity index (χ4v) is 2.72. The van der Waals surface area contributed by atoms with Crippen LogP contribution in [0.5, 0.6) is 0 Å². The number of halogens is 4. The van der Waals surface area contributed by atoms with Crippen molar-refractivity contribution in [3.63, 3.8) is 0 Å². The van der Waals surface area contributed by atoms with E-state index in [-0.39, 0.29) is 5.82 Å². The highest BCUT2D eigenvalue weighted by atomic mass is 32.1. The SMILES string of the molecule is Fc1ccc(Nc2nc(-c3cccc(C(F)(F)F)c3)cs2)cc1. The summed E-state index contributed by atoms with van der Waals surface area (Å²) in [5, 5.41) is 5.17. The fraction of sp³-hybridized carbons (Fsp3) is 0.0625. The van der Waals surface area contributed by atoms with Crippen LogP contribution in [0.4, 0.5) is 28.4 Å². The third kappa shape index (κ3) is 3.68. The molecule has 0 fully saturated rings. The molecule has 1 heterocycles. The lowest BCUT2D eigenvalue weighted by atomic mass is 10.1. The highest BCUT2D eigenvalue weighted by Gasteiger charge is 2.30. The van der Waals surface area contributed by atoms with Crippen LogP contribution < -0.4 is 5.32 Å². The molecular formula is C16H10F4N2S. The van der Waals surface area contributed by atoms with Gasteiger partial charge in [0.15, 0.2) is 5.13 Å². The summed E-state index contributed by atoms with van der Waals surface area (Å²) < 4.78 is 51.1. The molecule has 23 heavy (non-hydrogen) atoms. The number of benzene rings is 2. The van der Waals surface area contributed by atoms with Gasteiger partial charge >= 0.3 is 6.18 Å². The summed E-state index contributed by atoms with van der Waals surface area (Å²) >= 11 is 1.26.